The number of ether oxygens (including phenoxy) is 3. The van der Waals surface area contributed by atoms with Crippen LogP contribution in [-0.2, 0) is 19.0 Å². The summed E-state index contributed by atoms with van der Waals surface area (Å²) in [5.41, 5.74) is -0.857. The van der Waals surface area contributed by atoms with E-state index < -0.39 is 17.5 Å². The van der Waals surface area contributed by atoms with Gasteiger partial charge in [0.2, 0.25) is 0 Å². The molecule has 6 nitrogen and oxygen atoms in total. The summed E-state index contributed by atoms with van der Waals surface area (Å²) in [6.45, 7) is 10.8. The van der Waals surface area contributed by atoms with Crippen molar-refractivity contribution in [3.05, 3.63) is 0 Å². The number of cyclic esters (lactones) is 2. The monoisotopic (exact) mass is 326 g/mol. The molecule has 6 heteroatoms. The summed E-state index contributed by atoms with van der Waals surface area (Å²) in [7, 11) is 0. The topological polar surface area (TPSA) is 82.1 Å². The van der Waals surface area contributed by atoms with Crippen molar-refractivity contribution < 1.29 is 31.6 Å². The van der Waals surface area contributed by atoms with Crippen molar-refractivity contribution in [1.29, 1.82) is 0 Å². The third kappa shape index (κ3) is 15.1. The Kier molecular flexibility index (Phi) is 16.7. The van der Waals surface area contributed by atoms with Crippen LogP contribution >= 0.6 is 0 Å². The molecule has 1 rings (SSSR count). The molecule has 0 saturated carbocycles. The summed E-state index contributed by atoms with van der Waals surface area (Å²) in [6.07, 6.45) is 1.24. The summed E-state index contributed by atoms with van der Waals surface area (Å²) < 4.78 is 26.9. The summed E-state index contributed by atoms with van der Waals surface area (Å²) in [6, 6.07) is 0. The summed E-state index contributed by atoms with van der Waals surface area (Å²) >= 11 is 0. The van der Waals surface area contributed by atoms with Crippen molar-refractivity contribution in [2.45, 2.75) is 61.3 Å². The summed E-state index contributed by atoms with van der Waals surface area (Å²) in [4.78, 5) is 21.9. The Morgan fingerprint density at radius 1 is 1.23 bits per heavy atom. The molecule has 1 aliphatic rings. The normalized spacial score (nSPS) is 15.5. The number of hydrogen-bond acceptors (Lipinski definition) is 6. The lowest BCUT2D eigenvalue weighted by Gasteiger charge is -2.29. The van der Waals surface area contributed by atoms with Gasteiger partial charge >= 0.3 is 12.1 Å². The molecule has 1 saturated heterocycles. The summed E-state index contributed by atoms with van der Waals surface area (Å²) in [5, 5.41) is 7.57. The molecule has 0 aromatic carbocycles. The lowest BCUT2D eigenvalue weighted by molar-refractivity contribution is -0.165. The van der Waals surface area contributed by atoms with Crippen LogP contribution in [0.15, 0.2) is 0 Å². The van der Waals surface area contributed by atoms with E-state index in [-0.39, 0.29) is 19.8 Å². The number of carbonyl (C=O) groups is 2. The van der Waals surface area contributed by atoms with Crippen molar-refractivity contribution in [2.24, 2.45) is 5.41 Å². The molecule has 134 valence electrons. The third-order valence-electron chi connectivity index (χ3n) is 1.79. The van der Waals surface area contributed by atoms with E-state index in [1.165, 1.54) is 0 Å². The standard InChI is InChI=1S/C8H12O5.2C3H8.C2H6O/c1-3-11-6(9)8(2)4-12-7(10)13-5-8;2*1-3-2;1-2-3/h3-5H2,1-2H3;2*3H2,1-2H3;3H,2H2,1H3/i;2*1T;. The maximum atomic E-state index is 11.3. The first-order chi connectivity index (χ1) is 11.3. The number of hydrogen-bond donors (Lipinski definition) is 1. The molecule has 1 fully saturated rings. The molecular formula is C16H34O6. The highest BCUT2D eigenvalue weighted by Crippen LogP contribution is 2.23. The Morgan fingerprint density at radius 3 is 1.86 bits per heavy atom. The zero-order valence-electron chi connectivity index (χ0n) is 16.6. The van der Waals surface area contributed by atoms with Gasteiger partial charge < -0.3 is 19.3 Å². The zero-order valence-corrected chi connectivity index (χ0v) is 14.6. The smallest absolute Gasteiger partial charge is 0.465 e. The van der Waals surface area contributed by atoms with Crippen LogP contribution in [0, 0.1) is 5.41 Å². The molecule has 0 atom stereocenters. The van der Waals surface area contributed by atoms with Crippen molar-refractivity contribution in [1.82, 2.24) is 0 Å². The van der Waals surface area contributed by atoms with Gasteiger partial charge in [0.15, 0.2) is 0 Å². The molecule has 0 bridgehead atoms. The van der Waals surface area contributed by atoms with E-state index in [1.807, 2.05) is 13.8 Å². The fourth-order valence-corrected chi connectivity index (χ4v) is 0.943. The van der Waals surface area contributed by atoms with Gasteiger partial charge in [-0.1, -0.05) is 40.5 Å². The Labute approximate surface area is 137 Å². The van der Waals surface area contributed by atoms with Gasteiger partial charge in [0.05, 0.1) is 6.61 Å². The van der Waals surface area contributed by atoms with Gasteiger partial charge in [0.1, 0.15) is 18.6 Å². The molecule has 1 aliphatic heterocycles. The Balaban J connectivity index is -0.000000331. The first-order valence-corrected chi connectivity index (χ1v) is 7.49. The molecule has 0 radical (unpaired) electrons. The van der Waals surface area contributed by atoms with Gasteiger partial charge in [-0.15, -0.1) is 0 Å². The minimum atomic E-state index is -0.857. The average molecular weight is 326 g/mol. The SMILES string of the molecule is CCO.CCOC(=O)C1(C)COC(=O)OC1.[3H]CCC.[3H]CCC. The second kappa shape index (κ2) is 17.8. The number of aliphatic hydroxyl groups is 1. The molecule has 0 aliphatic carbocycles. The van der Waals surface area contributed by atoms with Crippen LogP contribution in [0.1, 0.15) is 64.0 Å². The molecule has 1 heterocycles. The second-order valence-electron chi connectivity index (χ2n) is 4.42. The molecule has 1 N–H and O–H groups in total. The average Bonchev–Trinajstić information content (AvgIpc) is 2.59. The predicted octanol–water partition coefficient (Wildman–Crippen LogP) is 3.55. The van der Waals surface area contributed by atoms with Gasteiger partial charge in [-0.3, -0.25) is 4.79 Å². The van der Waals surface area contributed by atoms with Crippen LogP contribution in [0.3, 0.4) is 0 Å². The molecule has 22 heavy (non-hydrogen) atoms. The van der Waals surface area contributed by atoms with Gasteiger partial charge in [-0.05, 0) is 20.8 Å². The van der Waals surface area contributed by atoms with Crippen LogP contribution in [0.25, 0.3) is 0 Å². The highest BCUT2D eigenvalue weighted by molar-refractivity contribution is 5.78. The van der Waals surface area contributed by atoms with Gasteiger partial charge in [-0.2, -0.15) is 0 Å². The second-order valence-corrected chi connectivity index (χ2v) is 4.42. The molecule has 0 aromatic heterocycles. The van der Waals surface area contributed by atoms with E-state index in [9.17, 15) is 9.59 Å². The van der Waals surface area contributed by atoms with E-state index in [1.54, 1.807) is 20.8 Å². The highest BCUT2D eigenvalue weighted by atomic mass is 16.7. The van der Waals surface area contributed by atoms with Crippen molar-refractivity contribution in [3.8, 4) is 0 Å². The van der Waals surface area contributed by atoms with Crippen LogP contribution in [0.5, 0.6) is 0 Å². The number of esters is 1. The van der Waals surface area contributed by atoms with Gasteiger partial charge in [-0.25, -0.2) is 4.79 Å². The Hall–Kier alpha value is -1.30. The lowest BCUT2D eigenvalue weighted by Crippen LogP contribution is -2.44. The fraction of sp³-hybridized carbons (Fsp3) is 0.875. The lowest BCUT2D eigenvalue weighted by atomic mass is 9.93. The molecule has 0 amide bonds. The molecule has 0 spiro atoms. The molecular weight excluding hydrogens is 288 g/mol. The molecule has 0 aromatic rings. The van der Waals surface area contributed by atoms with Crippen LogP contribution in [0.4, 0.5) is 4.79 Å². The minimum absolute atomic E-state index is 0.0185. The van der Waals surface area contributed by atoms with Crippen LogP contribution in [0.2, 0.25) is 0 Å². The minimum Gasteiger partial charge on any atom is -0.465 e. The van der Waals surface area contributed by atoms with E-state index in [4.69, 9.17) is 12.6 Å². The summed E-state index contributed by atoms with van der Waals surface area (Å²) in [5.74, 6) is -0.400. The first kappa shape index (κ1) is 20.7. The first-order valence-electron chi connectivity index (χ1n) is 8.90. The van der Waals surface area contributed by atoms with Crippen molar-refractivity contribution >= 4 is 12.1 Å². The Bertz CT molecular complexity index is 282. The highest BCUT2D eigenvalue weighted by Gasteiger charge is 2.41. The fourth-order valence-electron chi connectivity index (χ4n) is 0.943. The van der Waals surface area contributed by atoms with E-state index >= 15 is 0 Å². The zero-order chi connectivity index (χ0) is 19.4. The van der Waals surface area contributed by atoms with Crippen LogP contribution in [-0.4, -0.2) is 43.7 Å². The number of aliphatic hydroxyl groups excluding tert-OH is 1. The number of rotatable bonds is 2. The van der Waals surface area contributed by atoms with Crippen molar-refractivity contribution in [2.75, 3.05) is 26.4 Å². The maximum absolute atomic E-state index is 11.3. The predicted molar refractivity (Wildman–Crippen MR) is 86.7 cm³/mol. The quantitative estimate of drug-likeness (QED) is 0.781. The van der Waals surface area contributed by atoms with Gasteiger partial charge in [0, 0.05) is 9.35 Å². The van der Waals surface area contributed by atoms with E-state index in [2.05, 4.69) is 9.47 Å². The van der Waals surface area contributed by atoms with Gasteiger partial charge in [0.25, 0.3) is 0 Å². The maximum Gasteiger partial charge on any atom is 0.508 e. The van der Waals surface area contributed by atoms with Crippen LogP contribution < -0.4 is 0 Å². The van der Waals surface area contributed by atoms with E-state index in [0.29, 0.717) is 20.4 Å². The third-order valence-corrected chi connectivity index (χ3v) is 1.79. The Morgan fingerprint density at radius 2 is 1.59 bits per heavy atom. The molecule has 0 unspecified atom stereocenters. The van der Waals surface area contributed by atoms with Crippen molar-refractivity contribution in [3.63, 3.8) is 0 Å². The largest absolute Gasteiger partial charge is 0.508 e. The van der Waals surface area contributed by atoms with E-state index in [0.717, 1.165) is 12.8 Å². The number of carbonyl (C=O) groups excluding carboxylic acids is 2.